The van der Waals surface area contributed by atoms with E-state index in [0.717, 1.165) is 12.1 Å². The van der Waals surface area contributed by atoms with Gasteiger partial charge in [0, 0.05) is 18.7 Å². The number of carbonyl (C=O) groups excluding carboxylic acids is 3. The number of carbonyl (C=O) groups is 3. The van der Waals surface area contributed by atoms with E-state index in [2.05, 4.69) is 5.32 Å². The van der Waals surface area contributed by atoms with E-state index in [1.165, 1.54) is 21.9 Å². The van der Waals surface area contributed by atoms with Crippen molar-refractivity contribution in [1.82, 2.24) is 10.2 Å². The van der Waals surface area contributed by atoms with Gasteiger partial charge in [-0.3, -0.25) is 14.4 Å². The number of hydrogen-bond donors (Lipinski definition) is 1. The topological polar surface area (TPSA) is 69.7 Å². The fourth-order valence-corrected chi connectivity index (χ4v) is 3.83. The number of amides is 3. The van der Waals surface area contributed by atoms with Crippen molar-refractivity contribution in [1.29, 1.82) is 0 Å². The highest BCUT2D eigenvalue weighted by Crippen LogP contribution is 2.32. The molecule has 2 aromatic carbocycles. The van der Waals surface area contributed by atoms with Crippen LogP contribution in [0.4, 0.5) is 14.5 Å². The molecule has 2 aromatic rings. The summed E-state index contributed by atoms with van der Waals surface area (Å²) in [6.45, 7) is 0.0420. The van der Waals surface area contributed by atoms with E-state index < -0.39 is 29.5 Å². The second-order valence-electron chi connectivity index (χ2n) is 7.11. The average Bonchev–Trinajstić information content (AvgIpc) is 3.18. The first-order chi connectivity index (χ1) is 14.0. The van der Waals surface area contributed by atoms with Gasteiger partial charge in [0.25, 0.3) is 5.91 Å². The predicted octanol–water partition coefficient (Wildman–Crippen LogP) is 2.23. The Morgan fingerprint density at radius 3 is 2.72 bits per heavy atom. The summed E-state index contributed by atoms with van der Waals surface area (Å²) in [5.41, 5.74) is 0.587. The minimum Gasteiger partial charge on any atom is -0.350 e. The molecule has 0 saturated carbocycles. The smallest absolute Gasteiger partial charge is 0.256 e. The molecule has 4 rings (SSSR count). The van der Waals surface area contributed by atoms with E-state index in [-0.39, 0.29) is 30.2 Å². The number of nitrogens with one attached hydrogen (secondary N) is 1. The van der Waals surface area contributed by atoms with E-state index in [9.17, 15) is 23.2 Å². The van der Waals surface area contributed by atoms with E-state index in [0.29, 0.717) is 24.9 Å². The zero-order valence-electron chi connectivity index (χ0n) is 15.5. The maximum absolute atomic E-state index is 13.8. The fraction of sp³-hybridized carbons (Fsp3) is 0.286. The number of halogens is 2. The molecular weight excluding hydrogens is 380 g/mol. The van der Waals surface area contributed by atoms with Gasteiger partial charge in [-0.2, -0.15) is 0 Å². The molecule has 2 aliphatic rings. The lowest BCUT2D eigenvalue weighted by Gasteiger charge is -2.25. The molecule has 6 nitrogen and oxygen atoms in total. The molecule has 3 amide bonds. The van der Waals surface area contributed by atoms with Crippen LogP contribution in [0, 0.1) is 11.6 Å². The summed E-state index contributed by atoms with van der Waals surface area (Å²) in [4.78, 5) is 41.1. The van der Waals surface area contributed by atoms with Gasteiger partial charge in [-0.25, -0.2) is 8.78 Å². The summed E-state index contributed by atoms with van der Waals surface area (Å²) in [6, 6.07) is 8.98. The van der Waals surface area contributed by atoms with Crippen LogP contribution in [-0.2, 0) is 16.1 Å². The van der Waals surface area contributed by atoms with Crippen molar-refractivity contribution in [2.24, 2.45) is 0 Å². The molecule has 0 aromatic heterocycles. The summed E-state index contributed by atoms with van der Waals surface area (Å²) in [6.07, 6.45) is 1.16. The molecule has 1 unspecified atom stereocenters. The Balaban J connectivity index is 1.59. The number of hydrogen-bond acceptors (Lipinski definition) is 3. The Kier molecular flexibility index (Phi) is 5.00. The fourth-order valence-electron chi connectivity index (χ4n) is 3.83. The second kappa shape index (κ2) is 7.62. The van der Waals surface area contributed by atoms with Crippen LogP contribution in [0.2, 0.25) is 0 Å². The molecule has 1 saturated heterocycles. The van der Waals surface area contributed by atoms with Crippen LogP contribution in [0.3, 0.4) is 0 Å². The summed E-state index contributed by atoms with van der Waals surface area (Å²) < 4.78 is 27.5. The van der Waals surface area contributed by atoms with Crippen LogP contribution in [0.5, 0.6) is 0 Å². The molecule has 150 valence electrons. The highest BCUT2D eigenvalue weighted by molar-refractivity contribution is 6.12. The molecule has 0 radical (unpaired) electrons. The van der Waals surface area contributed by atoms with Crippen LogP contribution in [0.25, 0.3) is 0 Å². The molecule has 0 bridgehead atoms. The summed E-state index contributed by atoms with van der Waals surface area (Å²) in [5.74, 6) is -2.32. The van der Waals surface area contributed by atoms with Gasteiger partial charge in [-0.15, -0.1) is 0 Å². The van der Waals surface area contributed by atoms with Gasteiger partial charge in [0.15, 0.2) is 0 Å². The first kappa shape index (κ1) is 19.0. The number of anilines is 1. The van der Waals surface area contributed by atoms with Crippen LogP contribution in [0.1, 0.15) is 28.8 Å². The molecule has 29 heavy (non-hydrogen) atoms. The van der Waals surface area contributed by atoms with Gasteiger partial charge in [0.1, 0.15) is 24.2 Å². The van der Waals surface area contributed by atoms with Crippen molar-refractivity contribution in [2.45, 2.75) is 25.4 Å². The highest BCUT2D eigenvalue weighted by Gasteiger charge is 2.42. The monoisotopic (exact) mass is 399 g/mol. The first-order valence-electron chi connectivity index (χ1n) is 9.37. The van der Waals surface area contributed by atoms with E-state index in [4.69, 9.17) is 0 Å². The zero-order valence-corrected chi connectivity index (χ0v) is 15.5. The lowest BCUT2D eigenvalue weighted by molar-refractivity contribution is -0.125. The Labute approximate surface area is 166 Å². The standard InChI is InChI=1S/C21H19F2N3O3/c22-14-7-8-17-15(10-14)20(28)25-9-3-6-18(25)21(29)26(17)12-19(27)24-11-13-4-1-2-5-16(13)23/h1-2,4-5,7-8,10,18H,3,6,9,11-12H2,(H,24,27). The maximum Gasteiger partial charge on any atom is 0.256 e. The Morgan fingerprint density at radius 2 is 1.93 bits per heavy atom. The highest BCUT2D eigenvalue weighted by atomic mass is 19.1. The number of benzene rings is 2. The van der Waals surface area contributed by atoms with Gasteiger partial charge in [0.2, 0.25) is 11.8 Å². The third-order valence-electron chi connectivity index (χ3n) is 5.28. The van der Waals surface area contributed by atoms with Crippen molar-refractivity contribution in [3.63, 3.8) is 0 Å². The summed E-state index contributed by atoms with van der Waals surface area (Å²) in [5, 5.41) is 2.60. The Bertz CT molecular complexity index is 995. The van der Waals surface area contributed by atoms with Crippen molar-refractivity contribution in [3.05, 3.63) is 65.2 Å². The molecule has 1 fully saturated rings. The van der Waals surface area contributed by atoms with Crippen molar-refractivity contribution < 1.29 is 23.2 Å². The van der Waals surface area contributed by atoms with Crippen LogP contribution in [0.15, 0.2) is 42.5 Å². The van der Waals surface area contributed by atoms with Crippen LogP contribution in [-0.4, -0.2) is 41.8 Å². The van der Waals surface area contributed by atoms with Crippen LogP contribution >= 0.6 is 0 Å². The summed E-state index contributed by atoms with van der Waals surface area (Å²) >= 11 is 0. The van der Waals surface area contributed by atoms with E-state index in [1.54, 1.807) is 18.2 Å². The van der Waals surface area contributed by atoms with Crippen molar-refractivity contribution >= 4 is 23.4 Å². The normalized spacial score (nSPS) is 18.3. The SMILES string of the molecule is O=C(CN1C(=O)C2CCCN2C(=O)c2cc(F)ccc21)NCc1ccccc1F. The molecule has 2 aliphatic heterocycles. The van der Waals surface area contributed by atoms with Crippen molar-refractivity contribution in [3.8, 4) is 0 Å². The predicted molar refractivity (Wildman–Crippen MR) is 101 cm³/mol. The van der Waals surface area contributed by atoms with Gasteiger partial charge in [0.05, 0.1) is 11.3 Å². The van der Waals surface area contributed by atoms with Gasteiger partial charge < -0.3 is 15.1 Å². The second-order valence-corrected chi connectivity index (χ2v) is 7.11. The largest absolute Gasteiger partial charge is 0.350 e. The van der Waals surface area contributed by atoms with Gasteiger partial charge in [-0.1, -0.05) is 18.2 Å². The van der Waals surface area contributed by atoms with Gasteiger partial charge >= 0.3 is 0 Å². The number of fused-ring (bicyclic) bond motifs is 2. The third kappa shape index (κ3) is 3.57. The first-order valence-corrected chi connectivity index (χ1v) is 9.37. The number of nitrogens with zero attached hydrogens (tertiary/aromatic N) is 2. The molecule has 1 atom stereocenters. The molecule has 1 N–H and O–H groups in total. The number of rotatable bonds is 4. The maximum atomic E-state index is 13.8. The Morgan fingerprint density at radius 1 is 1.14 bits per heavy atom. The lowest BCUT2D eigenvalue weighted by atomic mass is 10.1. The summed E-state index contributed by atoms with van der Waals surface area (Å²) in [7, 11) is 0. The molecule has 2 heterocycles. The average molecular weight is 399 g/mol. The Hall–Kier alpha value is -3.29. The van der Waals surface area contributed by atoms with E-state index in [1.807, 2.05) is 0 Å². The van der Waals surface area contributed by atoms with E-state index >= 15 is 0 Å². The molecule has 8 heteroatoms. The van der Waals surface area contributed by atoms with Gasteiger partial charge in [-0.05, 0) is 37.1 Å². The third-order valence-corrected chi connectivity index (χ3v) is 5.28. The van der Waals surface area contributed by atoms with Crippen molar-refractivity contribution in [2.75, 3.05) is 18.0 Å². The molecule has 0 aliphatic carbocycles. The molecule has 0 spiro atoms. The molecular formula is C21H19F2N3O3. The quantitative estimate of drug-likeness (QED) is 0.857. The minimum atomic E-state index is -0.669. The zero-order chi connectivity index (χ0) is 20.5. The lowest BCUT2D eigenvalue weighted by Crippen LogP contribution is -2.48. The van der Waals surface area contributed by atoms with Crippen LogP contribution < -0.4 is 10.2 Å². The minimum absolute atomic E-state index is 0.0295.